The van der Waals surface area contributed by atoms with Crippen LogP contribution in [0.3, 0.4) is 0 Å². The molecule has 1 aliphatic heterocycles. The van der Waals surface area contributed by atoms with E-state index in [-0.39, 0.29) is 0 Å². The lowest BCUT2D eigenvalue weighted by molar-refractivity contribution is 0.415. The van der Waals surface area contributed by atoms with Gasteiger partial charge in [-0.15, -0.1) is 10.2 Å². The van der Waals surface area contributed by atoms with Gasteiger partial charge in [0, 0.05) is 24.5 Å². The molecule has 0 fully saturated rings. The zero-order chi connectivity index (χ0) is 16.4. The molecule has 24 heavy (non-hydrogen) atoms. The van der Waals surface area contributed by atoms with Crippen molar-refractivity contribution in [3.05, 3.63) is 60.2 Å². The Morgan fingerprint density at radius 1 is 1.00 bits per heavy atom. The number of aromatic nitrogens is 3. The number of benzene rings is 2. The summed E-state index contributed by atoms with van der Waals surface area (Å²) >= 11 is 1.73. The van der Waals surface area contributed by atoms with Crippen LogP contribution in [-0.4, -0.2) is 28.4 Å². The van der Waals surface area contributed by atoms with Crippen molar-refractivity contribution in [2.45, 2.75) is 17.5 Å². The van der Waals surface area contributed by atoms with Crippen LogP contribution in [0.2, 0.25) is 0 Å². The summed E-state index contributed by atoms with van der Waals surface area (Å²) in [5, 5.41) is 9.74. The fourth-order valence-electron chi connectivity index (χ4n) is 2.81. The van der Waals surface area contributed by atoms with Crippen molar-refractivity contribution in [3.63, 3.8) is 0 Å². The van der Waals surface area contributed by atoms with Crippen molar-refractivity contribution in [3.8, 4) is 5.75 Å². The minimum absolute atomic E-state index is 0.860. The van der Waals surface area contributed by atoms with Gasteiger partial charge in [0.25, 0.3) is 0 Å². The van der Waals surface area contributed by atoms with Crippen LogP contribution in [0.4, 0.5) is 11.6 Å². The van der Waals surface area contributed by atoms with Crippen molar-refractivity contribution < 1.29 is 4.74 Å². The van der Waals surface area contributed by atoms with Crippen LogP contribution in [0.15, 0.2) is 59.8 Å². The van der Waals surface area contributed by atoms with Gasteiger partial charge in [-0.2, -0.15) is 0 Å². The van der Waals surface area contributed by atoms with E-state index in [0.717, 1.165) is 41.4 Å². The Labute approximate surface area is 145 Å². The minimum Gasteiger partial charge on any atom is -0.497 e. The van der Waals surface area contributed by atoms with Crippen LogP contribution in [0, 0.1) is 0 Å². The molecular weight excluding hydrogens is 320 g/mol. The second kappa shape index (κ2) is 6.57. The summed E-state index contributed by atoms with van der Waals surface area (Å²) in [5.41, 5.74) is 2.41. The summed E-state index contributed by atoms with van der Waals surface area (Å²) in [6.45, 7) is 1.82. The zero-order valence-electron chi connectivity index (χ0n) is 13.4. The second-order valence-electron chi connectivity index (χ2n) is 5.56. The molecule has 0 amide bonds. The Balaban J connectivity index is 1.51. The summed E-state index contributed by atoms with van der Waals surface area (Å²) in [6, 6.07) is 18.5. The van der Waals surface area contributed by atoms with Crippen molar-refractivity contribution in [1.29, 1.82) is 0 Å². The number of anilines is 2. The molecule has 6 heteroatoms. The number of hydrogen-bond acceptors (Lipinski definition) is 5. The van der Waals surface area contributed by atoms with E-state index in [1.807, 2.05) is 18.2 Å². The topological polar surface area (TPSA) is 43.2 Å². The van der Waals surface area contributed by atoms with Crippen molar-refractivity contribution in [2.75, 3.05) is 18.6 Å². The Hall–Kier alpha value is -2.47. The molecule has 1 aromatic heterocycles. The van der Waals surface area contributed by atoms with Gasteiger partial charge in [-0.1, -0.05) is 42.1 Å². The van der Waals surface area contributed by atoms with E-state index in [1.54, 1.807) is 18.9 Å². The van der Waals surface area contributed by atoms with Crippen LogP contribution in [0.1, 0.15) is 5.56 Å². The van der Waals surface area contributed by atoms with E-state index in [9.17, 15) is 0 Å². The number of nitrogens with zero attached hydrogens (tertiary/aromatic N) is 4. The smallest absolute Gasteiger partial charge is 0.232 e. The van der Waals surface area contributed by atoms with Crippen molar-refractivity contribution in [1.82, 2.24) is 14.8 Å². The zero-order valence-corrected chi connectivity index (χ0v) is 14.2. The first-order chi connectivity index (χ1) is 11.8. The monoisotopic (exact) mass is 338 g/mol. The number of hydrogen-bond donors (Lipinski definition) is 0. The van der Waals surface area contributed by atoms with E-state index < -0.39 is 0 Å². The molecule has 0 saturated heterocycles. The molecular formula is C18H18N4OS. The average molecular weight is 338 g/mol. The summed E-state index contributed by atoms with van der Waals surface area (Å²) < 4.78 is 7.42. The standard InChI is InChI=1S/C18H18N4OS/c1-23-16-9-7-15(8-10-16)21-11-12-22-17(21)19-20-18(22)24-13-14-5-3-2-4-6-14/h2-10H,11-13H2,1H3. The number of ether oxygens (including phenoxy) is 1. The normalized spacial score (nSPS) is 13.1. The van der Waals surface area contributed by atoms with E-state index in [0.29, 0.717) is 0 Å². The van der Waals surface area contributed by atoms with Crippen molar-refractivity contribution in [2.24, 2.45) is 0 Å². The van der Waals surface area contributed by atoms with E-state index >= 15 is 0 Å². The van der Waals surface area contributed by atoms with Gasteiger partial charge in [0.2, 0.25) is 5.95 Å². The van der Waals surface area contributed by atoms with Crippen LogP contribution in [-0.2, 0) is 12.3 Å². The average Bonchev–Trinajstić information content (AvgIpc) is 3.23. The first kappa shape index (κ1) is 15.1. The van der Waals surface area contributed by atoms with Gasteiger partial charge in [-0.3, -0.25) is 4.57 Å². The second-order valence-corrected chi connectivity index (χ2v) is 6.50. The van der Waals surface area contributed by atoms with Gasteiger partial charge in [0.05, 0.1) is 7.11 Å². The molecule has 5 nitrogen and oxygen atoms in total. The third kappa shape index (κ3) is 2.85. The third-order valence-electron chi connectivity index (χ3n) is 4.08. The predicted molar refractivity (Wildman–Crippen MR) is 96.0 cm³/mol. The molecule has 3 aromatic rings. The highest BCUT2D eigenvalue weighted by molar-refractivity contribution is 7.98. The molecule has 0 N–H and O–H groups in total. The van der Waals surface area contributed by atoms with Crippen LogP contribution >= 0.6 is 11.8 Å². The maximum atomic E-state index is 5.22. The van der Waals surface area contributed by atoms with Gasteiger partial charge in [0.15, 0.2) is 5.16 Å². The quantitative estimate of drug-likeness (QED) is 0.663. The maximum Gasteiger partial charge on any atom is 0.232 e. The highest BCUT2D eigenvalue weighted by Gasteiger charge is 2.25. The van der Waals surface area contributed by atoms with Gasteiger partial charge >= 0.3 is 0 Å². The first-order valence-electron chi connectivity index (χ1n) is 7.86. The highest BCUT2D eigenvalue weighted by atomic mass is 32.2. The van der Waals surface area contributed by atoms with Crippen LogP contribution in [0.25, 0.3) is 0 Å². The largest absolute Gasteiger partial charge is 0.497 e. The maximum absolute atomic E-state index is 5.22. The number of fused-ring (bicyclic) bond motifs is 1. The van der Waals surface area contributed by atoms with Gasteiger partial charge in [-0.05, 0) is 29.8 Å². The summed E-state index contributed by atoms with van der Waals surface area (Å²) in [5.74, 6) is 2.68. The molecule has 0 radical (unpaired) electrons. The minimum atomic E-state index is 0.860. The van der Waals surface area contributed by atoms with E-state index in [1.165, 1.54) is 5.56 Å². The number of rotatable bonds is 5. The molecule has 122 valence electrons. The SMILES string of the molecule is COc1ccc(N2CCn3c(SCc4ccccc4)nnc32)cc1. The Morgan fingerprint density at radius 2 is 1.79 bits per heavy atom. The van der Waals surface area contributed by atoms with E-state index in [2.05, 4.69) is 56.1 Å². The first-order valence-corrected chi connectivity index (χ1v) is 8.85. The molecule has 0 saturated carbocycles. The predicted octanol–water partition coefficient (Wildman–Crippen LogP) is 3.73. The molecule has 1 aliphatic rings. The molecule has 2 heterocycles. The number of thioether (sulfide) groups is 1. The number of methoxy groups -OCH3 is 1. The summed E-state index contributed by atoms with van der Waals surface area (Å²) in [4.78, 5) is 2.19. The Kier molecular flexibility index (Phi) is 4.13. The van der Waals surface area contributed by atoms with Gasteiger partial charge in [-0.25, -0.2) is 0 Å². The fraction of sp³-hybridized carbons (Fsp3) is 0.222. The fourth-order valence-corrected chi connectivity index (χ4v) is 3.73. The molecule has 0 atom stereocenters. The van der Waals surface area contributed by atoms with Crippen molar-refractivity contribution >= 4 is 23.4 Å². The molecule has 0 unspecified atom stereocenters. The molecule has 4 rings (SSSR count). The van der Waals surface area contributed by atoms with Crippen LogP contribution in [0.5, 0.6) is 5.75 Å². The Bertz CT molecular complexity index is 817. The molecule has 2 aromatic carbocycles. The molecule has 0 bridgehead atoms. The molecule has 0 aliphatic carbocycles. The third-order valence-corrected chi connectivity index (χ3v) is 5.12. The lowest BCUT2D eigenvalue weighted by Gasteiger charge is -2.15. The molecule has 0 spiro atoms. The highest BCUT2D eigenvalue weighted by Crippen LogP contribution is 2.33. The van der Waals surface area contributed by atoms with E-state index in [4.69, 9.17) is 4.74 Å². The summed E-state index contributed by atoms with van der Waals surface area (Å²) in [6.07, 6.45) is 0. The summed E-state index contributed by atoms with van der Waals surface area (Å²) in [7, 11) is 1.68. The van der Waals surface area contributed by atoms with Gasteiger partial charge < -0.3 is 9.64 Å². The van der Waals surface area contributed by atoms with Gasteiger partial charge in [0.1, 0.15) is 5.75 Å². The Morgan fingerprint density at radius 3 is 2.54 bits per heavy atom. The lowest BCUT2D eigenvalue weighted by atomic mass is 10.2. The lowest BCUT2D eigenvalue weighted by Crippen LogP contribution is -2.14. The van der Waals surface area contributed by atoms with Crippen LogP contribution < -0.4 is 9.64 Å².